The lowest BCUT2D eigenvalue weighted by Gasteiger charge is -2.11. The van der Waals surface area contributed by atoms with E-state index in [0.717, 1.165) is 5.56 Å². The third-order valence-corrected chi connectivity index (χ3v) is 4.32. The number of ether oxygens (including phenoxy) is 2. The van der Waals surface area contributed by atoms with E-state index in [-0.39, 0.29) is 12.3 Å². The van der Waals surface area contributed by atoms with E-state index < -0.39 is 5.91 Å². The van der Waals surface area contributed by atoms with Crippen LogP contribution in [0.15, 0.2) is 47.0 Å². The molecule has 0 radical (unpaired) electrons. The molecule has 3 aromatic rings. The predicted octanol–water partition coefficient (Wildman–Crippen LogP) is 4.78. The molecule has 0 aliphatic heterocycles. The Morgan fingerprint density at radius 1 is 1.19 bits per heavy atom. The molecule has 1 aromatic heterocycles. The maximum atomic E-state index is 12.7. The standard InChI is InChI=1S/C20H19ClN2O4/c1-12-8-9-14(21)10-16(12)22-20(24)19-15(13(2)27-23-19)11-26-18-7-5-4-6-17(18)25-3/h4-10H,11H2,1-3H3,(H,22,24). The molecular formula is C20H19ClN2O4. The second-order valence-electron chi connectivity index (χ2n) is 5.92. The zero-order valence-corrected chi connectivity index (χ0v) is 16.0. The Labute approximate surface area is 162 Å². The number of carbonyl (C=O) groups is 1. The van der Waals surface area contributed by atoms with Crippen molar-refractivity contribution in [2.45, 2.75) is 20.5 Å². The first-order chi connectivity index (χ1) is 13.0. The molecule has 0 aliphatic carbocycles. The highest BCUT2D eigenvalue weighted by molar-refractivity contribution is 6.31. The van der Waals surface area contributed by atoms with E-state index in [2.05, 4.69) is 10.5 Å². The molecule has 0 saturated carbocycles. The molecule has 0 bridgehead atoms. The molecule has 7 heteroatoms. The van der Waals surface area contributed by atoms with Crippen LogP contribution in [0.25, 0.3) is 0 Å². The molecule has 3 rings (SSSR count). The van der Waals surface area contributed by atoms with Gasteiger partial charge in [-0.3, -0.25) is 4.79 Å². The second kappa shape index (κ2) is 8.14. The molecule has 6 nitrogen and oxygen atoms in total. The van der Waals surface area contributed by atoms with Gasteiger partial charge in [0.05, 0.1) is 12.7 Å². The lowest BCUT2D eigenvalue weighted by Crippen LogP contribution is -2.16. The van der Waals surface area contributed by atoms with Crippen molar-refractivity contribution in [1.82, 2.24) is 5.16 Å². The van der Waals surface area contributed by atoms with Crippen molar-refractivity contribution in [3.05, 3.63) is 70.1 Å². The molecule has 1 amide bonds. The molecule has 0 fully saturated rings. The first kappa shape index (κ1) is 18.8. The lowest BCUT2D eigenvalue weighted by atomic mass is 10.1. The first-order valence-corrected chi connectivity index (χ1v) is 8.66. The van der Waals surface area contributed by atoms with Gasteiger partial charge in [0.25, 0.3) is 5.91 Å². The van der Waals surface area contributed by atoms with E-state index in [1.165, 1.54) is 0 Å². The summed E-state index contributed by atoms with van der Waals surface area (Å²) in [7, 11) is 1.57. The van der Waals surface area contributed by atoms with Crippen molar-refractivity contribution in [2.24, 2.45) is 0 Å². The van der Waals surface area contributed by atoms with Gasteiger partial charge in [-0.05, 0) is 43.7 Å². The van der Waals surface area contributed by atoms with Crippen molar-refractivity contribution in [2.75, 3.05) is 12.4 Å². The number of halogens is 1. The van der Waals surface area contributed by atoms with Gasteiger partial charge in [-0.2, -0.15) is 0 Å². The first-order valence-electron chi connectivity index (χ1n) is 8.28. The summed E-state index contributed by atoms with van der Waals surface area (Å²) >= 11 is 6.01. The molecule has 0 aliphatic rings. The van der Waals surface area contributed by atoms with Gasteiger partial charge in [-0.25, -0.2) is 0 Å². The van der Waals surface area contributed by atoms with Crippen LogP contribution in [0, 0.1) is 13.8 Å². The van der Waals surface area contributed by atoms with Crippen LogP contribution in [0.4, 0.5) is 5.69 Å². The summed E-state index contributed by atoms with van der Waals surface area (Å²) in [6.07, 6.45) is 0. The van der Waals surface area contributed by atoms with E-state index in [9.17, 15) is 4.79 Å². The number of carbonyl (C=O) groups excluding carboxylic acids is 1. The summed E-state index contributed by atoms with van der Waals surface area (Å²) in [6.45, 7) is 3.73. The Hall–Kier alpha value is -2.99. The van der Waals surface area contributed by atoms with E-state index in [1.807, 2.05) is 25.1 Å². The van der Waals surface area contributed by atoms with Crippen LogP contribution in [0.1, 0.15) is 27.4 Å². The maximum absolute atomic E-state index is 12.7. The monoisotopic (exact) mass is 386 g/mol. The van der Waals surface area contributed by atoms with Gasteiger partial charge in [0.2, 0.25) is 0 Å². The summed E-state index contributed by atoms with van der Waals surface area (Å²) < 4.78 is 16.3. The highest BCUT2D eigenvalue weighted by Crippen LogP contribution is 2.28. The lowest BCUT2D eigenvalue weighted by molar-refractivity contribution is 0.101. The highest BCUT2D eigenvalue weighted by Gasteiger charge is 2.21. The summed E-state index contributed by atoms with van der Waals surface area (Å²) in [5.74, 6) is 1.29. The van der Waals surface area contributed by atoms with E-state index in [0.29, 0.717) is 33.5 Å². The van der Waals surface area contributed by atoms with Crippen LogP contribution >= 0.6 is 11.6 Å². The minimum Gasteiger partial charge on any atom is -0.493 e. The SMILES string of the molecule is COc1ccccc1OCc1c(C(=O)Nc2cc(Cl)ccc2C)noc1C. The van der Waals surface area contributed by atoms with Crippen LogP contribution in [0.5, 0.6) is 11.5 Å². The number of benzene rings is 2. The molecule has 140 valence electrons. The topological polar surface area (TPSA) is 73.6 Å². The maximum Gasteiger partial charge on any atom is 0.278 e. The number of aromatic nitrogens is 1. The number of amides is 1. The Morgan fingerprint density at radius 3 is 2.67 bits per heavy atom. The smallest absolute Gasteiger partial charge is 0.278 e. The largest absolute Gasteiger partial charge is 0.493 e. The zero-order valence-electron chi connectivity index (χ0n) is 15.2. The van der Waals surface area contributed by atoms with Crippen LogP contribution in [0.3, 0.4) is 0 Å². The van der Waals surface area contributed by atoms with Crippen LogP contribution in [0.2, 0.25) is 5.02 Å². The molecule has 0 spiro atoms. The summed E-state index contributed by atoms with van der Waals surface area (Å²) in [5, 5.41) is 7.24. The second-order valence-corrected chi connectivity index (χ2v) is 6.36. The number of nitrogens with one attached hydrogen (secondary N) is 1. The van der Waals surface area contributed by atoms with E-state index >= 15 is 0 Å². The third-order valence-electron chi connectivity index (χ3n) is 4.09. The van der Waals surface area contributed by atoms with Gasteiger partial charge < -0.3 is 19.3 Å². The molecule has 27 heavy (non-hydrogen) atoms. The molecule has 0 unspecified atom stereocenters. The van der Waals surface area contributed by atoms with Crippen molar-refractivity contribution < 1.29 is 18.8 Å². The zero-order chi connectivity index (χ0) is 19.4. The molecule has 0 atom stereocenters. The van der Waals surface area contributed by atoms with E-state index in [4.69, 9.17) is 25.6 Å². The van der Waals surface area contributed by atoms with Gasteiger partial charge in [0.1, 0.15) is 12.4 Å². The summed E-state index contributed by atoms with van der Waals surface area (Å²) in [4.78, 5) is 12.7. The van der Waals surface area contributed by atoms with Crippen molar-refractivity contribution in [1.29, 1.82) is 0 Å². The van der Waals surface area contributed by atoms with Crippen LogP contribution in [-0.4, -0.2) is 18.2 Å². The number of para-hydroxylation sites is 2. The quantitative estimate of drug-likeness (QED) is 0.659. The Bertz CT molecular complexity index is 968. The minimum atomic E-state index is -0.393. The minimum absolute atomic E-state index is 0.118. The Morgan fingerprint density at radius 2 is 1.93 bits per heavy atom. The van der Waals surface area contributed by atoms with Crippen LogP contribution < -0.4 is 14.8 Å². The third kappa shape index (κ3) is 4.23. The van der Waals surface area contributed by atoms with Gasteiger partial charge in [-0.1, -0.05) is 35.0 Å². The number of nitrogens with zero attached hydrogens (tertiary/aromatic N) is 1. The fourth-order valence-electron chi connectivity index (χ4n) is 2.54. The molecule has 1 N–H and O–H groups in total. The molecule has 1 heterocycles. The van der Waals surface area contributed by atoms with Gasteiger partial charge in [0.15, 0.2) is 17.2 Å². The number of hydrogen-bond acceptors (Lipinski definition) is 5. The normalized spacial score (nSPS) is 10.5. The fourth-order valence-corrected chi connectivity index (χ4v) is 2.71. The number of methoxy groups -OCH3 is 1. The summed E-state index contributed by atoms with van der Waals surface area (Å²) in [6, 6.07) is 12.6. The van der Waals surface area contributed by atoms with Crippen molar-refractivity contribution in [3.8, 4) is 11.5 Å². The predicted molar refractivity (Wildman–Crippen MR) is 103 cm³/mol. The molecule has 2 aromatic carbocycles. The molecular weight excluding hydrogens is 368 g/mol. The number of rotatable bonds is 6. The Kier molecular flexibility index (Phi) is 5.66. The van der Waals surface area contributed by atoms with E-state index in [1.54, 1.807) is 38.3 Å². The number of anilines is 1. The van der Waals surface area contributed by atoms with Crippen molar-refractivity contribution in [3.63, 3.8) is 0 Å². The number of hydrogen-bond donors (Lipinski definition) is 1. The average molecular weight is 387 g/mol. The van der Waals surface area contributed by atoms with Crippen LogP contribution in [-0.2, 0) is 6.61 Å². The molecule has 0 saturated heterocycles. The van der Waals surface area contributed by atoms with Gasteiger partial charge in [-0.15, -0.1) is 0 Å². The van der Waals surface area contributed by atoms with Gasteiger partial charge in [0, 0.05) is 10.7 Å². The van der Waals surface area contributed by atoms with Crippen molar-refractivity contribution >= 4 is 23.2 Å². The Balaban J connectivity index is 1.79. The summed E-state index contributed by atoms with van der Waals surface area (Å²) in [5.41, 5.74) is 2.24. The fraction of sp³-hybridized carbons (Fsp3) is 0.200. The van der Waals surface area contributed by atoms with Gasteiger partial charge >= 0.3 is 0 Å². The average Bonchev–Trinajstić information content (AvgIpc) is 3.04. The number of aryl methyl sites for hydroxylation is 2. The highest BCUT2D eigenvalue weighted by atomic mass is 35.5.